The molecule has 3 amide bonds. The van der Waals surface area contributed by atoms with Crippen molar-refractivity contribution in [2.45, 2.75) is 63.9 Å². The van der Waals surface area contributed by atoms with Crippen LogP contribution in [0, 0.1) is 5.92 Å². The van der Waals surface area contributed by atoms with E-state index in [1.165, 1.54) is 6.92 Å². The zero-order chi connectivity index (χ0) is 26.0. The van der Waals surface area contributed by atoms with Crippen LogP contribution in [0.25, 0.3) is 0 Å². The van der Waals surface area contributed by atoms with Gasteiger partial charge in [-0.2, -0.15) is 0 Å². The number of carboxylic acid groups (broad SMARTS) is 2. The van der Waals surface area contributed by atoms with Gasteiger partial charge in [-0.1, -0.05) is 44.2 Å². The summed E-state index contributed by atoms with van der Waals surface area (Å²) in [6.07, 6.45) is -2.32. The average Bonchev–Trinajstić information content (AvgIpc) is 2.75. The van der Waals surface area contributed by atoms with Crippen LogP contribution in [0.4, 0.5) is 0 Å². The number of hydrogen-bond acceptors (Lipinski definition) is 7. The van der Waals surface area contributed by atoms with Crippen molar-refractivity contribution in [1.82, 2.24) is 16.0 Å². The van der Waals surface area contributed by atoms with Gasteiger partial charge in [-0.3, -0.25) is 19.2 Å². The predicted molar refractivity (Wildman–Crippen MR) is 120 cm³/mol. The van der Waals surface area contributed by atoms with Crippen molar-refractivity contribution in [3.63, 3.8) is 0 Å². The topological polar surface area (TPSA) is 208 Å². The Balaban J connectivity index is 3.08. The molecule has 0 fully saturated rings. The molecule has 34 heavy (non-hydrogen) atoms. The third-order valence-electron chi connectivity index (χ3n) is 4.99. The molecule has 5 unspecified atom stereocenters. The molecule has 0 saturated heterocycles. The highest BCUT2D eigenvalue weighted by atomic mass is 16.4. The first-order chi connectivity index (χ1) is 15.8. The normalized spacial score (nSPS) is 15.4. The first-order valence-corrected chi connectivity index (χ1v) is 10.7. The minimum Gasteiger partial charge on any atom is -0.481 e. The molecule has 0 bridgehead atoms. The molecule has 1 rings (SSSR count). The van der Waals surface area contributed by atoms with Gasteiger partial charge in [0.25, 0.3) is 0 Å². The van der Waals surface area contributed by atoms with E-state index in [0.29, 0.717) is 5.56 Å². The molecule has 0 aliphatic rings. The van der Waals surface area contributed by atoms with Crippen molar-refractivity contribution in [3.8, 4) is 0 Å². The fourth-order valence-corrected chi connectivity index (χ4v) is 2.93. The fourth-order valence-electron chi connectivity index (χ4n) is 2.93. The number of aliphatic hydroxyl groups excluding tert-OH is 1. The molecule has 0 radical (unpaired) electrons. The lowest BCUT2D eigenvalue weighted by molar-refractivity contribution is -0.148. The Morgan fingerprint density at radius 2 is 1.41 bits per heavy atom. The van der Waals surface area contributed by atoms with Crippen LogP contribution in [-0.2, 0) is 30.4 Å². The molecule has 1 aromatic rings. The number of carboxylic acids is 2. The summed E-state index contributed by atoms with van der Waals surface area (Å²) >= 11 is 0. The van der Waals surface area contributed by atoms with Gasteiger partial charge in [0.05, 0.1) is 18.6 Å². The van der Waals surface area contributed by atoms with E-state index in [0.717, 1.165) is 0 Å². The fraction of sp³-hybridized carbons (Fsp3) is 0.500. The minimum atomic E-state index is -1.77. The van der Waals surface area contributed by atoms with E-state index in [2.05, 4.69) is 10.6 Å². The van der Waals surface area contributed by atoms with Gasteiger partial charge in [0.1, 0.15) is 18.1 Å². The maximum atomic E-state index is 13.0. The Morgan fingerprint density at radius 1 is 0.853 bits per heavy atom. The molecule has 0 aliphatic heterocycles. The summed E-state index contributed by atoms with van der Waals surface area (Å²) in [5.74, 6) is -5.77. The Morgan fingerprint density at radius 3 is 1.88 bits per heavy atom. The van der Waals surface area contributed by atoms with Crippen LogP contribution in [0.5, 0.6) is 0 Å². The van der Waals surface area contributed by atoms with Crippen molar-refractivity contribution in [2.75, 3.05) is 0 Å². The second-order valence-electron chi connectivity index (χ2n) is 8.24. The molecule has 0 aromatic heterocycles. The number of benzene rings is 1. The lowest BCUT2D eigenvalue weighted by Gasteiger charge is -2.27. The van der Waals surface area contributed by atoms with E-state index in [4.69, 9.17) is 15.9 Å². The van der Waals surface area contributed by atoms with Gasteiger partial charge in [-0.05, 0) is 18.4 Å². The Kier molecular flexibility index (Phi) is 11.1. The lowest BCUT2D eigenvalue weighted by Crippen LogP contribution is -2.60. The van der Waals surface area contributed by atoms with E-state index < -0.39 is 66.4 Å². The maximum Gasteiger partial charge on any atom is 0.326 e. The first kappa shape index (κ1) is 28.5. The highest BCUT2D eigenvalue weighted by molar-refractivity contribution is 5.95. The van der Waals surface area contributed by atoms with Gasteiger partial charge < -0.3 is 37.0 Å². The monoisotopic (exact) mass is 480 g/mol. The Bertz CT molecular complexity index is 875. The summed E-state index contributed by atoms with van der Waals surface area (Å²) in [4.78, 5) is 60.2. The third-order valence-corrected chi connectivity index (χ3v) is 4.99. The standard InChI is InChI=1S/C22H32N4O8/c1-11(2)17(23)20(31)24-14(9-13-7-5-4-6-8-13)19(30)26-18(12(3)27)21(32)25-15(22(33)34)10-16(28)29/h4-8,11-12,14-15,17-18,27H,9-10,23H2,1-3H3,(H,24,31)(H,25,32)(H,26,30)(H,28,29)(H,33,34). The van der Waals surface area contributed by atoms with Gasteiger partial charge in [-0.15, -0.1) is 0 Å². The highest BCUT2D eigenvalue weighted by Gasteiger charge is 2.33. The van der Waals surface area contributed by atoms with E-state index in [-0.39, 0.29) is 12.3 Å². The summed E-state index contributed by atoms with van der Waals surface area (Å²) < 4.78 is 0. The van der Waals surface area contributed by atoms with Crippen molar-refractivity contribution in [2.24, 2.45) is 11.7 Å². The molecule has 0 spiro atoms. The molecule has 188 valence electrons. The Hall–Kier alpha value is -3.51. The third kappa shape index (κ3) is 9.16. The largest absolute Gasteiger partial charge is 0.481 e. The van der Waals surface area contributed by atoms with Crippen LogP contribution in [0.2, 0.25) is 0 Å². The van der Waals surface area contributed by atoms with Crippen LogP contribution in [0.3, 0.4) is 0 Å². The van der Waals surface area contributed by atoms with E-state index >= 15 is 0 Å². The zero-order valence-corrected chi connectivity index (χ0v) is 19.2. The van der Waals surface area contributed by atoms with Crippen LogP contribution in [0.1, 0.15) is 32.8 Å². The molecule has 1 aromatic carbocycles. The van der Waals surface area contributed by atoms with Crippen LogP contribution in [0.15, 0.2) is 30.3 Å². The maximum absolute atomic E-state index is 13.0. The first-order valence-electron chi connectivity index (χ1n) is 10.7. The molecule has 0 aliphatic carbocycles. The Labute approximate surface area is 196 Å². The number of rotatable bonds is 13. The number of nitrogens with one attached hydrogen (secondary N) is 3. The highest BCUT2D eigenvalue weighted by Crippen LogP contribution is 2.07. The quantitative estimate of drug-likeness (QED) is 0.177. The number of hydrogen-bond donors (Lipinski definition) is 7. The number of carbonyl (C=O) groups is 5. The van der Waals surface area contributed by atoms with Crippen LogP contribution in [-0.4, -0.2) is 75.3 Å². The summed E-state index contributed by atoms with van der Waals surface area (Å²) in [5.41, 5.74) is 6.57. The number of aliphatic hydroxyl groups is 1. The number of carbonyl (C=O) groups excluding carboxylic acids is 3. The van der Waals surface area contributed by atoms with Crippen molar-refractivity contribution in [1.29, 1.82) is 0 Å². The molecular formula is C22H32N4O8. The second-order valence-corrected chi connectivity index (χ2v) is 8.24. The smallest absolute Gasteiger partial charge is 0.326 e. The van der Waals surface area contributed by atoms with Crippen molar-refractivity contribution in [3.05, 3.63) is 35.9 Å². The van der Waals surface area contributed by atoms with Crippen molar-refractivity contribution < 1.29 is 39.3 Å². The van der Waals surface area contributed by atoms with Crippen LogP contribution >= 0.6 is 0 Å². The van der Waals surface area contributed by atoms with E-state index in [1.807, 2.05) is 5.32 Å². The molecule has 5 atom stereocenters. The molecule has 0 saturated carbocycles. The van der Waals surface area contributed by atoms with Crippen LogP contribution < -0.4 is 21.7 Å². The van der Waals surface area contributed by atoms with Gasteiger partial charge >= 0.3 is 11.9 Å². The molecular weight excluding hydrogens is 448 g/mol. The van der Waals surface area contributed by atoms with Gasteiger partial charge in [0.15, 0.2) is 0 Å². The predicted octanol–water partition coefficient (Wildman–Crippen LogP) is -1.39. The molecule has 12 nitrogen and oxygen atoms in total. The number of aliphatic carboxylic acids is 2. The SMILES string of the molecule is CC(C)C(N)C(=O)NC(Cc1ccccc1)C(=O)NC(C(=O)NC(CC(=O)O)C(=O)O)C(C)O. The minimum absolute atomic E-state index is 0.0497. The van der Waals surface area contributed by atoms with E-state index in [9.17, 15) is 29.1 Å². The van der Waals surface area contributed by atoms with Gasteiger partial charge in [0.2, 0.25) is 17.7 Å². The molecule has 8 N–H and O–H groups in total. The van der Waals surface area contributed by atoms with Gasteiger partial charge in [-0.25, -0.2) is 4.79 Å². The zero-order valence-electron chi connectivity index (χ0n) is 19.2. The van der Waals surface area contributed by atoms with E-state index in [1.54, 1.807) is 44.2 Å². The lowest BCUT2D eigenvalue weighted by atomic mass is 10.0. The average molecular weight is 481 g/mol. The summed E-state index contributed by atoms with van der Waals surface area (Å²) in [6, 6.07) is 3.28. The molecule has 0 heterocycles. The van der Waals surface area contributed by atoms with Gasteiger partial charge in [0, 0.05) is 6.42 Å². The number of amides is 3. The van der Waals surface area contributed by atoms with Crippen molar-refractivity contribution >= 4 is 29.7 Å². The summed E-state index contributed by atoms with van der Waals surface area (Å²) in [7, 11) is 0. The molecule has 12 heteroatoms. The number of nitrogens with two attached hydrogens (primary N) is 1. The summed E-state index contributed by atoms with van der Waals surface area (Å²) in [5, 5.41) is 34.9. The summed E-state index contributed by atoms with van der Waals surface area (Å²) in [6.45, 7) is 4.66. The second kappa shape index (κ2) is 13.3.